The van der Waals surface area contributed by atoms with Crippen molar-refractivity contribution < 1.29 is 14.4 Å². The molecule has 92 valence electrons. The summed E-state index contributed by atoms with van der Waals surface area (Å²) >= 11 is 0. The largest absolute Gasteiger partial charge is 0.368 e. The Morgan fingerprint density at radius 3 is 2.12 bits per heavy atom. The highest BCUT2D eigenvalue weighted by atomic mass is 16.2. The van der Waals surface area contributed by atoms with Gasteiger partial charge < -0.3 is 22.1 Å². The molecule has 0 radical (unpaired) electrons. The van der Waals surface area contributed by atoms with Gasteiger partial charge in [0, 0.05) is 0 Å². The molecule has 0 rings (SSSR count). The van der Waals surface area contributed by atoms with Crippen LogP contribution in [0.15, 0.2) is 0 Å². The molecule has 7 heteroatoms. The Hall–Kier alpha value is -1.79. The van der Waals surface area contributed by atoms with Crippen molar-refractivity contribution in [1.29, 1.82) is 0 Å². The van der Waals surface area contributed by atoms with Crippen LogP contribution in [0.2, 0.25) is 0 Å². The van der Waals surface area contributed by atoms with Crippen LogP contribution < -0.4 is 22.1 Å². The molecule has 0 aromatic rings. The van der Waals surface area contributed by atoms with Crippen molar-refractivity contribution in [3.8, 4) is 0 Å². The maximum absolute atomic E-state index is 11.5. The van der Waals surface area contributed by atoms with Gasteiger partial charge in [-0.2, -0.15) is 0 Å². The summed E-state index contributed by atoms with van der Waals surface area (Å²) in [5, 5.41) is 4.62. The van der Waals surface area contributed by atoms with Crippen molar-refractivity contribution in [3.05, 3.63) is 0 Å². The van der Waals surface area contributed by atoms with Gasteiger partial charge in [-0.1, -0.05) is 13.8 Å². The third kappa shape index (κ3) is 6.63. The second-order valence-corrected chi connectivity index (χ2v) is 3.87. The molecular formula is C9H18N4O3. The van der Waals surface area contributed by atoms with E-state index in [0.29, 0.717) is 6.42 Å². The Morgan fingerprint density at radius 1 is 1.19 bits per heavy atom. The summed E-state index contributed by atoms with van der Waals surface area (Å²) in [5.74, 6) is -0.904. The zero-order valence-corrected chi connectivity index (χ0v) is 9.45. The first-order valence-corrected chi connectivity index (χ1v) is 4.95. The first-order valence-electron chi connectivity index (χ1n) is 4.95. The molecule has 0 aromatic heterocycles. The minimum atomic E-state index is -0.778. The summed E-state index contributed by atoms with van der Waals surface area (Å²) in [5.41, 5.74) is 9.82. The lowest BCUT2D eigenvalue weighted by atomic mass is 10.0. The molecule has 0 bridgehead atoms. The molecule has 0 aliphatic rings. The average Bonchev–Trinajstić information content (AvgIpc) is 2.11. The molecule has 6 N–H and O–H groups in total. The molecule has 1 atom stereocenters. The molecular weight excluding hydrogens is 212 g/mol. The lowest BCUT2D eigenvalue weighted by Crippen LogP contribution is -2.50. The van der Waals surface area contributed by atoms with Crippen LogP contribution in [-0.2, 0) is 9.59 Å². The Labute approximate surface area is 93.9 Å². The maximum Gasteiger partial charge on any atom is 0.312 e. The summed E-state index contributed by atoms with van der Waals surface area (Å²) in [6, 6.07) is -1.52. The number of rotatable bonds is 6. The van der Waals surface area contributed by atoms with Crippen molar-refractivity contribution in [1.82, 2.24) is 10.6 Å². The third-order valence-corrected chi connectivity index (χ3v) is 1.78. The lowest BCUT2D eigenvalue weighted by molar-refractivity contribution is -0.126. The minimum Gasteiger partial charge on any atom is -0.368 e. The van der Waals surface area contributed by atoms with Gasteiger partial charge in [-0.15, -0.1) is 0 Å². The fourth-order valence-corrected chi connectivity index (χ4v) is 1.17. The van der Waals surface area contributed by atoms with Crippen LogP contribution in [0.4, 0.5) is 4.79 Å². The number of nitrogens with one attached hydrogen (secondary N) is 2. The van der Waals surface area contributed by atoms with Crippen LogP contribution in [0.3, 0.4) is 0 Å². The predicted octanol–water partition coefficient (Wildman–Crippen LogP) is -1.33. The topological polar surface area (TPSA) is 127 Å². The number of carbonyl (C=O) groups is 3. The number of nitrogens with two attached hydrogens (primary N) is 2. The second kappa shape index (κ2) is 6.65. The van der Waals surface area contributed by atoms with E-state index < -0.39 is 23.9 Å². The first kappa shape index (κ1) is 14.2. The first-order chi connectivity index (χ1) is 7.32. The Bertz CT molecular complexity index is 278. The molecule has 0 aliphatic heterocycles. The lowest BCUT2D eigenvalue weighted by Gasteiger charge is -2.18. The smallest absolute Gasteiger partial charge is 0.312 e. The number of primary amides is 2. The van der Waals surface area contributed by atoms with Gasteiger partial charge >= 0.3 is 6.03 Å². The van der Waals surface area contributed by atoms with E-state index >= 15 is 0 Å². The van der Waals surface area contributed by atoms with Crippen LogP contribution in [0.1, 0.15) is 20.3 Å². The van der Waals surface area contributed by atoms with Gasteiger partial charge in [0.05, 0.1) is 6.54 Å². The third-order valence-electron chi connectivity index (χ3n) is 1.78. The van der Waals surface area contributed by atoms with E-state index in [4.69, 9.17) is 11.5 Å². The summed E-state index contributed by atoms with van der Waals surface area (Å²) in [6.07, 6.45) is 0.438. The van der Waals surface area contributed by atoms with Crippen molar-refractivity contribution in [2.24, 2.45) is 17.4 Å². The van der Waals surface area contributed by atoms with Gasteiger partial charge in [0.15, 0.2) is 0 Å². The van der Waals surface area contributed by atoms with Gasteiger partial charge in [-0.3, -0.25) is 9.59 Å². The van der Waals surface area contributed by atoms with Crippen LogP contribution in [0.25, 0.3) is 0 Å². The van der Waals surface area contributed by atoms with E-state index in [2.05, 4.69) is 10.6 Å². The highest BCUT2D eigenvalue weighted by molar-refractivity contribution is 5.89. The van der Waals surface area contributed by atoms with E-state index in [-0.39, 0.29) is 12.5 Å². The molecule has 0 aliphatic carbocycles. The molecule has 1 unspecified atom stereocenters. The molecule has 4 amide bonds. The molecule has 0 heterocycles. The van der Waals surface area contributed by atoms with Gasteiger partial charge in [-0.25, -0.2) is 4.79 Å². The van der Waals surface area contributed by atoms with Crippen molar-refractivity contribution in [3.63, 3.8) is 0 Å². The van der Waals surface area contributed by atoms with Gasteiger partial charge in [0.2, 0.25) is 11.8 Å². The fourth-order valence-electron chi connectivity index (χ4n) is 1.17. The number of hydrogen-bond donors (Lipinski definition) is 4. The van der Waals surface area contributed by atoms with E-state index in [0.717, 1.165) is 0 Å². The Balaban J connectivity index is 4.31. The molecule has 0 aromatic carbocycles. The van der Waals surface area contributed by atoms with Crippen LogP contribution in [0, 0.1) is 5.92 Å². The Morgan fingerprint density at radius 2 is 1.75 bits per heavy atom. The molecule has 0 fully saturated rings. The average molecular weight is 230 g/mol. The summed E-state index contributed by atoms with van der Waals surface area (Å²) < 4.78 is 0. The number of amides is 4. The standard InChI is InChI=1S/C9H18N4O3/c1-5(2)3-6(13-9(11)16)8(15)12-4-7(10)14/h5-6H,3-4H2,1-2H3,(H2,10,14)(H,12,15)(H3,11,13,16). The molecule has 0 saturated carbocycles. The molecule has 0 saturated heterocycles. The molecule has 0 spiro atoms. The van der Waals surface area contributed by atoms with Crippen LogP contribution >= 0.6 is 0 Å². The van der Waals surface area contributed by atoms with E-state index in [9.17, 15) is 14.4 Å². The number of hydrogen-bond acceptors (Lipinski definition) is 3. The second-order valence-electron chi connectivity index (χ2n) is 3.87. The van der Waals surface area contributed by atoms with E-state index in [1.807, 2.05) is 13.8 Å². The van der Waals surface area contributed by atoms with E-state index in [1.54, 1.807) is 0 Å². The van der Waals surface area contributed by atoms with Crippen molar-refractivity contribution in [2.75, 3.05) is 6.54 Å². The number of urea groups is 1. The monoisotopic (exact) mass is 230 g/mol. The zero-order valence-electron chi connectivity index (χ0n) is 9.45. The van der Waals surface area contributed by atoms with E-state index in [1.165, 1.54) is 0 Å². The van der Waals surface area contributed by atoms with Gasteiger partial charge in [0.25, 0.3) is 0 Å². The Kier molecular flexibility index (Phi) is 5.91. The zero-order chi connectivity index (χ0) is 12.7. The van der Waals surface area contributed by atoms with Crippen LogP contribution in [0.5, 0.6) is 0 Å². The summed E-state index contributed by atoms with van der Waals surface area (Å²) in [7, 11) is 0. The highest BCUT2D eigenvalue weighted by Crippen LogP contribution is 2.04. The number of carbonyl (C=O) groups excluding carboxylic acids is 3. The molecule has 7 nitrogen and oxygen atoms in total. The van der Waals surface area contributed by atoms with Crippen molar-refractivity contribution >= 4 is 17.8 Å². The highest BCUT2D eigenvalue weighted by Gasteiger charge is 2.20. The minimum absolute atomic E-state index is 0.205. The maximum atomic E-state index is 11.5. The summed E-state index contributed by atoms with van der Waals surface area (Å²) in [6.45, 7) is 3.54. The SMILES string of the molecule is CC(C)CC(NC(N)=O)C(=O)NCC(N)=O. The quantitative estimate of drug-likeness (QED) is 0.451. The normalized spacial score (nSPS) is 11.9. The van der Waals surface area contributed by atoms with Gasteiger partial charge in [0.1, 0.15) is 6.04 Å². The molecule has 16 heavy (non-hydrogen) atoms. The summed E-state index contributed by atoms with van der Waals surface area (Å²) in [4.78, 5) is 32.7. The van der Waals surface area contributed by atoms with Gasteiger partial charge in [-0.05, 0) is 12.3 Å². The van der Waals surface area contributed by atoms with Crippen LogP contribution in [-0.4, -0.2) is 30.4 Å². The van der Waals surface area contributed by atoms with Crippen molar-refractivity contribution in [2.45, 2.75) is 26.3 Å². The predicted molar refractivity (Wildman–Crippen MR) is 58.2 cm³/mol. The fraction of sp³-hybridized carbons (Fsp3) is 0.667.